The highest BCUT2D eigenvalue weighted by molar-refractivity contribution is 5.74. The van der Waals surface area contributed by atoms with Crippen molar-refractivity contribution >= 4 is 11.0 Å². The maximum Gasteiger partial charge on any atom is 0.107 e. The zero-order valence-corrected chi connectivity index (χ0v) is 13.6. The van der Waals surface area contributed by atoms with Crippen molar-refractivity contribution in [1.82, 2.24) is 24.6 Å². The van der Waals surface area contributed by atoms with Crippen LogP contribution in [0.1, 0.15) is 24.4 Å². The average Bonchev–Trinajstić information content (AvgIpc) is 3.13. The fourth-order valence-electron chi connectivity index (χ4n) is 3.62. The number of para-hydroxylation sites is 2. The minimum absolute atomic E-state index is 0.678. The lowest BCUT2D eigenvalue weighted by molar-refractivity contribution is 0.162. The Bertz CT molecular complexity index is 754. The number of piperidine rings is 1. The van der Waals surface area contributed by atoms with E-state index >= 15 is 0 Å². The van der Waals surface area contributed by atoms with E-state index in [1.807, 2.05) is 24.0 Å². The van der Waals surface area contributed by atoms with E-state index in [1.165, 1.54) is 25.1 Å². The van der Waals surface area contributed by atoms with E-state index in [0.717, 1.165) is 36.4 Å². The number of aromatic amines is 1. The molecule has 0 bridgehead atoms. The molecule has 0 aliphatic carbocycles. The summed E-state index contributed by atoms with van der Waals surface area (Å²) in [4.78, 5) is 10.8. The lowest BCUT2D eigenvalue weighted by Crippen LogP contribution is -2.36. The summed E-state index contributed by atoms with van der Waals surface area (Å²) in [6.45, 7) is 3.32. The van der Waals surface area contributed by atoms with E-state index in [4.69, 9.17) is 4.98 Å². The topological polar surface area (TPSA) is 49.7 Å². The van der Waals surface area contributed by atoms with Crippen molar-refractivity contribution < 1.29 is 0 Å². The van der Waals surface area contributed by atoms with Gasteiger partial charge in [0, 0.05) is 32.8 Å². The molecule has 1 aliphatic heterocycles. The third kappa shape index (κ3) is 3.15. The van der Waals surface area contributed by atoms with E-state index in [2.05, 4.69) is 39.2 Å². The van der Waals surface area contributed by atoms with Gasteiger partial charge in [-0.05, 0) is 43.5 Å². The molecule has 3 heterocycles. The number of nitrogens with one attached hydrogen (secondary N) is 1. The third-order valence-electron chi connectivity index (χ3n) is 4.83. The monoisotopic (exact) mass is 309 g/mol. The minimum Gasteiger partial charge on any atom is -0.342 e. The Kier molecular flexibility index (Phi) is 3.87. The summed E-state index contributed by atoms with van der Waals surface area (Å²) in [5, 5.41) is 4.27. The zero-order valence-electron chi connectivity index (χ0n) is 13.6. The molecule has 0 spiro atoms. The summed E-state index contributed by atoms with van der Waals surface area (Å²) in [6, 6.07) is 10.4. The Hall–Kier alpha value is -2.14. The predicted molar refractivity (Wildman–Crippen MR) is 91.0 cm³/mol. The maximum atomic E-state index is 4.73. The summed E-state index contributed by atoms with van der Waals surface area (Å²) in [5.41, 5.74) is 3.50. The van der Waals surface area contributed by atoms with E-state index in [-0.39, 0.29) is 0 Å². The molecule has 2 aromatic heterocycles. The fourth-order valence-corrected chi connectivity index (χ4v) is 3.62. The van der Waals surface area contributed by atoms with Crippen LogP contribution in [0.15, 0.2) is 36.5 Å². The summed E-state index contributed by atoms with van der Waals surface area (Å²) in [5.74, 6) is 1.80. The van der Waals surface area contributed by atoms with Gasteiger partial charge in [-0.1, -0.05) is 12.1 Å². The molecule has 5 nitrogen and oxygen atoms in total. The van der Waals surface area contributed by atoms with Gasteiger partial charge in [0.2, 0.25) is 0 Å². The highest BCUT2D eigenvalue weighted by Crippen LogP contribution is 2.22. The first kappa shape index (κ1) is 14.5. The van der Waals surface area contributed by atoms with Crippen molar-refractivity contribution in [3.05, 3.63) is 48.0 Å². The van der Waals surface area contributed by atoms with Crippen LogP contribution in [0.2, 0.25) is 0 Å². The van der Waals surface area contributed by atoms with Crippen molar-refractivity contribution in [3.8, 4) is 0 Å². The smallest absolute Gasteiger partial charge is 0.107 e. The van der Waals surface area contributed by atoms with Crippen LogP contribution in [0, 0.1) is 5.92 Å². The fraction of sp³-hybridized carbons (Fsp3) is 0.444. The number of imidazole rings is 1. The van der Waals surface area contributed by atoms with Gasteiger partial charge < -0.3 is 4.98 Å². The molecule has 1 atom stereocenters. The van der Waals surface area contributed by atoms with Crippen LogP contribution in [0.25, 0.3) is 11.0 Å². The van der Waals surface area contributed by atoms with Crippen molar-refractivity contribution in [2.24, 2.45) is 13.0 Å². The minimum atomic E-state index is 0.678. The van der Waals surface area contributed by atoms with Crippen LogP contribution in [-0.4, -0.2) is 37.7 Å². The van der Waals surface area contributed by atoms with E-state index in [0.29, 0.717) is 5.92 Å². The zero-order chi connectivity index (χ0) is 15.6. The Morgan fingerprint density at radius 3 is 3.00 bits per heavy atom. The second kappa shape index (κ2) is 6.16. The number of aryl methyl sites for hydroxylation is 1. The van der Waals surface area contributed by atoms with Gasteiger partial charge in [0.1, 0.15) is 5.82 Å². The molecule has 0 saturated carbocycles. The van der Waals surface area contributed by atoms with Crippen LogP contribution < -0.4 is 0 Å². The molecule has 1 aliphatic rings. The van der Waals surface area contributed by atoms with E-state index in [1.54, 1.807) is 0 Å². The second-order valence-corrected chi connectivity index (χ2v) is 6.59. The summed E-state index contributed by atoms with van der Waals surface area (Å²) in [6.07, 6.45) is 5.48. The molecule has 4 rings (SSSR count). The molecule has 0 unspecified atom stereocenters. The van der Waals surface area contributed by atoms with Gasteiger partial charge in [-0.2, -0.15) is 5.10 Å². The molecule has 3 aromatic rings. The lowest BCUT2D eigenvalue weighted by atomic mass is 9.94. The van der Waals surface area contributed by atoms with Crippen LogP contribution in [-0.2, 0) is 20.0 Å². The van der Waals surface area contributed by atoms with E-state index < -0.39 is 0 Å². The number of likely N-dealkylation sites (tertiary alicyclic amines) is 1. The Morgan fingerprint density at radius 1 is 1.26 bits per heavy atom. The van der Waals surface area contributed by atoms with Crippen LogP contribution in [0.4, 0.5) is 0 Å². The van der Waals surface area contributed by atoms with Gasteiger partial charge in [0.05, 0.1) is 16.7 Å². The third-order valence-corrected chi connectivity index (χ3v) is 4.83. The largest absolute Gasteiger partial charge is 0.342 e. The van der Waals surface area contributed by atoms with Gasteiger partial charge in [-0.15, -0.1) is 0 Å². The quantitative estimate of drug-likeness (QED) is 0.806. The van der Waals surface area contributed by atoms with Crippen LogP contribution >= 0.6 is 0 Å². The SMILES string of the molecule is Cn1nccc1CN1CCC[C@H](Cc2nc3ccccc3[nH]2)C1. The van der Waals surface area contributed by atoms with Crippen molar-refractivity contribution in [1.29, 1.82) is 0 Å². The standard InChI is InChI=1S/C18H23N5/c1-22-15(8-9-19-22)13-23-10-4-5-14(12-23)11-18-20-16-6-2-3-7-17(16)21-18/h2-3,6-9,14H,4-5,10-13H2,1H3,(H,20,21)/t14-/m1/s1. The van der Waals surface area contributed by atoms with Gasteiger partial charge in [-0.25, -0.2) is 4.98 Å². The first-order chi connectivity index (χ1) is 11.3. The number of hydrogen-bond donors (Lipinski definition) is 1. The molecule has 5 heteroatoms. The number of benzene rings is 1. The first-order valence-corrected chi connectivity index (χ1v) is 8.41. The summed E-state index contributed by atoms with van der Waals surface area (Å²) < 4.78 is 1.98. The molecule has 1 fully saturated rings. The number of hydrogen-bond acceptors (Lipinski definition) is 3. The number of H-pyrrole nitrogens is 1. The van der Waals surface area contributed by atoms with Crippen molar-refractivity contribution in [2.75, 3.05) is 13.1 Å². The molecule has 1 saturated heterocycles. The molecule has 1 aromatic carbocycles. The number of fused-ring (bicyclic) bond motifs is 1. The predicted octanol–water partition coefficient (Wildman–Crippen LogP) is 2.75. The molecule has 0 radical (unpaired) electrons. The van der Waals surface area contributed by atoms with Gasteiger partial charge in [-0.3, -0.25) is 9.58 Å². The average molecular weight is 309 g/mol. The number of rotatable bonds is 4. The Labute approximate surface area is 136 Å². The molecule has 0 amide bonds. The van der Waals surface area contributed by atoms with Crippen molar-refractivity contribution in [3.63, 3.8) is 0 Å². The molecule has 120 valence electrons. The van der Waals surface area contributed by atoms with Gasteiger partial charge >= 0.3 is 0 Å². The van der Waals surface area contributed by atoms with Crippen LogP contribution in [0.5, 0.6) is 0 Å². The highest BCUT2D eigenvalue weighted by atomic mass is 15.3. The maximum absolute atomic E-state index is 4.73. The van der Waals surface area contributed by atoms with Crippen LogP contribution in [0.3, 0.4) is 0 Å². The molecule has 23 heavy (non-hydrogen) atoms. The highest BCUT2D eigenvalue weighted by Gasteiger charge is 2.22. The summed E-state index contributed by atoms with van der Waals surface area (Å²) in [7, 11) is 2.02. The summed E-state index contributed by atoms with van der Waals surface area (Å²) >= 11 is 0. The van der Waals surface area contributed by atoms with Crippen molar-refractivity contribution in [2.45, 2.75) is 25.8 Å². The molecule has 1 N–H and O–H groups in total. The van der Waals surface area contributed by atoms with Gasteiger partial charge in [0.15, 0.2) is 0 Å². The molecular formula is C18H23N5. The number of nitrogens with zero attached hydrogens (tertiary/aromatic N) is 4. The lowest BCUT2D eigenvalue weighted by Gasteiger charge is -2.32. The Morgan fingerprint density at radius 2 is 2.17 bits per heavy atom. The van der Waals surface area contributed by atoms with E-state index in [9.17, 15) is 0 Å². The number of aromatic nitrogens is 4. The Balaban J connectivity index is 1.42. The first-order valence-electron chi connectivity index (χ1n) is 8.41. The second-order valence-electron chi connectivity index (χ2n) is 6.59. The van der Waals surface area contributed by atoms with Gasteiger partial charge in [0.25, 0.3) is 0 Å². The molecular weight excluding hydrogens is 286 g/mol. The normalized spacial score (nSPS) is 19.4.